The molecule has 0 aliphatic heterocycles. The fourth-order valence-electron chi connectivity index (χ4n) is 4.02. The molecule has 0 aliphatic rings. The van der Waals surface area contributed by atoms with E-state index in [1.165, 1.54) is 6.08 Å². The highest BCUT2D eigenvalue weighted by Gasteiger charge is 2.30. The van der Waals surface area contributed by atoms with Crippen molar-refractivity contribution in [3.8, 4) is 0 Å². The van der Waals surface area contributed by atoms with Gasteiger partial charge in [-0.05, 0) is 37.3 Å². The van der Waals surface area contributed by atoms with Crippen LogP contribution in [0.15, 0.2) is 86.0 Å². The molecule has 0 aromatic heterocycles. The lowest BCUT2D eigenvalue weighted by atomic mass is 9.96. The summed E-state index contributed by atoms with van der Waals surface area (Å²) in [6.45, 7) is 8.28. The van der Waals surface area contributed by atoms with Crippen LogP contribution < -0.4 is 10.6 Å². The zero-order valence-electron chi connectivity index (χ0n) is 23.5. The smallest absolute Gasteiger partial charge is 0.332 e. The minimum Gasteiger partial charge on any atom is -0.463 e. The van der Waals surface area contributed by atoms with Crippen LogP contribution in [0.4, 0.5) is 0 Å². The van der Waals surface area contributed by atoms with Crippen molar-refractivity contribution in [2.45, 2.75) is 51.3 Å². The maximum Gasteiger partial charge on any atom is 0.332 e. The van der Waals surface area contributed by atoms with E-state index in [-0.39, 0.29) is 26.1 Å². The van der Waals surface area contributed by atoms with Crippen molar-refractivity contribution in [3.05, 3.63) is 97.1 Å². The molecule has 0 heterocycles. The highest BCUT2D eigenvalue weighted by Crippen LogP contribution is 2.16. The number of hydrogen-bond acceptors (Lipinski definition) is 7. The van der Waals surface area contributed by atoms with Crippen molar-refractivity contribution in [1.29, 1.82) is 0 Å². The maximum atomic E-state index is 13.2. The Morgan fingerprint density at radius 1 is 0.829 bits per heavy atom. The Labute approximate surface area is 241 Å². The molecule has 0 bridgehead atoms. The topological polar surface area (TPSA) is 131 Å². The van der Waals surface area contributed by atoms with Crippen LogP contribution in [-0.2, 0) is 41.7 Å². The Morgan fingerprint density at radius 3 is 2.00 bits per heavy atom. The number of aliphatic hydroxyl groups is 1. The first-order valence-corrected chi connectivity index (χ1v) is 13.6. The molecule has 9 nitrogen and oxygen atoms in total. The molecular weight excluding hydrogens is 524 g/mol. The van der Waals surface area contributed by atoms with E-state index in [2.05, 4.69) is 23.8 Å². The highest BCUT2D eigenvalue weighted by atomic mass is 16.6. The molecule has 0 fully saturated rings. The second-order valence-corrected chi connectivity index (χ2v) is 9.77. The molecule has 2 rings (SSSR count). The van der Waals surface area contributed by atoms with Gasteiger partial charge in [-0.1, -0.05) is 72.8 Å². The van der Waals surface area contributed by atoms with E-state index < -0.39 is 54.3 Å². The first-order chi connectivity index (χ1) is 19.8. The van der Waals surface area contributed by atoms with Crippen LogP contribution in [-0.4, -0.2) is 54.2 Å². The first-order valence-electron chi connectivity index (χ1n) is 13.6. The van der Waals surface area contributed by atoms with Gasteiger partial charge in [-0.2, -0.15) is 0 Å². The van der Waals surface area contributed by atoms with Gasteiger partial charge in [-0.3, -0.25) is 14.4 Å². The van der Waals surface area contributed by atoms with E-state index in [9.17, 15) is 24.3 Å². The summed E-state index contributed by atoms with van der Waals surface area (Å²) in [5.41, 5.74) is 1.69. The molecular formula is C32H40N2O7. The third-order valence-electron chi connectivity index (χ3n) is 6.26. The molecule has 0 spiro atoms. The Hall–Kier alpha value is -4.24. The lowest BCUT2D eigenvalue weighted by Gasteiger charge is -2.22. The molecule has 0 unspecified atom stereocenters. The van der Waals surface area contributed by atoms with Gasteiger partial charge in [0.25, 0.3) is 0 Å². The molecule has 2 aromatic carbocycles. The third-order valence-corrected chi connectivity index (χ3v) is 6.26. The van der Waals surface area contributed by atoms with Gasteiger partial charge in [-0.15, -0.1) is 13.2 Å². The number of esters is 2. The summed E-state index contributed by atoms with van der Waals surface area (Å²) in [5.74, 6) is -3.72. The number of ether oxygens (including phenoxy) is 2. The largest absolute Gasteiger partial charge is 0.463 e. The average molecular weight is 565 g/mol. The number of benzene rings is 2. The quantitative estimate of drug-likeness (QED) is 0.187. The van der Waals surface area contributed by atoms with Crippen molar-refractivity contribution in [1.82, 2.24) is 10.6 Å². The average Bonchev–Trinajstić information content (AvgIpc) is 2.98. The molecule has 41 heavy (non-hydrogen) atoms. The second kappa shape index (κ2) is 18.2. The van der Waals surface area contributed by atoms with Crippen molar-refractivity contribution in [3.63, 3.8) is 0 Å². The highest BCUT2D eigenvalue weighted by molar-refractivity contribution is 5.89. The van der Waals surface area contributed by atoms with Crippen molar-refractivity contribution in [2.75, 3.05) is 13.2 Å². The van der Waals surface area contributed by atoms with Crippen LogP contribution >= 0.6 is 0 Å². The van der Waals surface area contributed by atoms with E-state index >= 15 is 0 Å². The molecule has 0 radical (unpaired) electrons. The van der Waals surface area contributed by atoms with Crippen molar-refractivity contribution < 1.29 is 33.8 Å². The molecule has 2 amide bonds. The second-order valence-electron chi connectivity index (χ2n) is 9.77. The van der Waals surface area contributed by atoms with Gasteiger partial charge < -0.3 is 25.2 Å². The molecule has 220 valence electrons. The van der Waals surface area contributed by atoms with E-state index in [4.69, 9.17) is 9.47 Å². The van der Waals surface area contributed by atoms with Crippen molar-refractivity contribution >= 4 is 23.8 Å². The fourth-order valence-corrected chi connectivity index (χ4v) is 4.02. The van der Waals surface area contributed by atoms with Gasteiger partial charge in [0.15, 0.2) is 6.04 Å². The molecule has 0 saturated carbocycles. The Morgan fingerprint density at radius 2 is 1.41 bits per heavy atom. The number of amides is 2. The van der Waals surface area contributed by atoms with Crippen LogP contribution in [0.2, 0.25) is 0 Å². The fraction of sp³-hybridized carbons (Fsp3) is 0.375. The van der Waals surface area contributed by atoms with Crippen LogP contribution in [0.25, 0.3) is 0 Å². The van der Waals surface area contributed by atoms with E-state index in [0.29, 0.717) is 12.8 Å². The van der Waals surface area contributed by atoms with E-state index in [1.807, 2.05) is 36.4 Å². The molecule has 9 heteroatoms. The summed E-state index contributed by atoms with van der Waals surface area (Å²) in [4.78, 5) is 51.7. The zero-order valence-corrected chi connectivity index (χ0v) is 23.5. The number of allylic oxidation sites excluding steroid dienone is 2. The Bertz CT molecular complexity index is 1140. The molecule has 0 aliphatic carbocycles. The SMILES string of the molecule is C=CC[C@@H](CC(=O)N[C@H](C)CO)C(=O)N[C@H](COC(=O)[C@@H](CC=C)Cc1ccccc1)C(=O)OCc1ccccc1. The maximum absolute atomic E-state index is 13.2. The third kappa shape index (κ3) is 12.2. The minimum atomic E-state index is -1.30. The van der Waals surface area contributed by atoms with Gasteiger partial charge in [0.2, 0.25) is 11.8 Å². The van der Waals surface area contributed by atoms with Crippen LogP contribution in [0.1, 0.15) is 37.3 Å². The van der Waals surface area contributed by atoms with Gasteiger partial charge in [0.1, 0.15) is 13.2 Å². The molecule has 2 aromatic rings. The number of carbonyl (C=O) groups excluding carboxylic acids is 4. The van der Waals surface area contributed by atoms with Crippen LogP contribution in [0.3, 0.4) is 0 Å². The number of rotatable bonds is 18. The number of aliphatic hydroxyl groups excluding tert-OH is 1. The summed E-state index contributed by atoms with van der Waals surface area (Å²) in [6, 6.07) is 16.7. The normalized spacial score (nSPS) is 13.5. The Balaban J connectivity index is 2.14. The number of carbonyl (C=O) groups is 4. The lowest BCUT2D eigenvalue weighted by Crippen LogP contribution is -2.48. The van der Waals surface area contributed by atoms with Crippen LogP contribution in [0.5, 0.6) is 0 Å². The van der Waals surface area contributed by atoms with Crippen LogP contribution in [0, 0.1) is 11.8 Å². The first kappa shape index (κ1) is 33.0. The predicted octanol–water partition coefficient (Wildman–Crippen LogP) is 3.27. The minimum absolute atomic E-state index is 0.0371. The van der Waals surface area contributed by atoms with Gasteiger partial charge in [0, 0.05) is 12.5 Å². The van der Waals surface area contributed by atoms with E-state index in [0.717, 1.165) is 11.1 Å². The summed E-state index contributed by atoms with van der Waals surface area (Å²) in [6.07, 6.45) is 3.89. The summed E-state index contributed by atoms with van der Waals surface area (Å²) in [5, 5.41) is 14.4. The molecule has 0 saturated heterocycles. The number of hydrogen-bond donors (Lipinski definition) is 3. The summed E-state index contributed by atoms with van der Waals surface area (Å²) >= 11 is 0. The molecule has 4 atom stereocenters. The van der Waals surface area contributed by atoms with Gasteiger partial charge in [0.05, 0.1) is 18.4 Å². The van der Waals surface area contributed by atoms with Gasteiger partial charge in [-0.25, -0.2) is 4.79 Å². The van der Waals surface area contributed by atoms with Crippen molar-refractivity contribution in [2.24, 2.45) is 11.8 Å². The standard InChI is InChI=1S/C32H40N2O7/c1-4-12-26(19-29(36)33-23(3)20-35)30(37)34-28(32(39)40-21-25-16-10-7-11-17-25)22-41-31(38)27(13-5-2)18-24-14-8-6-9-15-24/h4-11,14-17,23,26-28,35H,1-2,12-13,18-22H2,3H3,(H,33,36)(H,34,37)/t23-,26+,27+,28-/m1/s1. The summed E-state index contributed by atoms with van der Waals surface area (Å²) in [7, 11) is 0. The summed E-state index contributed by atoms with van der Waals surface area (Å²) < 4.78 is 11.0. The Kier molecular flexibility index (Phi) is 14.6. The predicted molar refractivity (Wildman–Crippen MR) is 155 cm³/mol. The zero-order chi connectivity index (χ0) is 30.0. The lowest BCUT2D eigenvalue weighted by molar-refractivity contribution is -0.157. The van der Waals surface area contributed by atoms with Gasteiger partial charge >= 0.3 is 11.9 Å². The molecule has 3 N–H and O–H groups in total. The monoisotopic (exact) mass is 564 g/mol. The number of nitrogens with one attached hydrogen (secondary N) is 2. The van der Waals surface area contributed by atoms with E-state index in [1.54, 1.807) is 37.3 Å².